The third-order valence-electron chi connectivity index (χ3n) is 14.1. The lowest BCUT2D eigenvalue weighted by Crippen LogP contribution is -2.64. The summed E-state index contributed by atoms with van der Waals surface area (Å²) < 4.78 is 19.7. The summed E-state index contributed by atoms with van der Waals surface area (Å²) >= 11 is 0. The summed E-state index contributed by atoms with van der Waals surface area (Å²) in [5.41, 5.74) is 3.81. The molecule has 6 rings (SSSR count). The molecule has 0 aliphatic heterocycles. The summed E-state index contributed by atoms with van der Waals surface area (Å²) in [5, 5.41) is 0. The van der Waals surface area contributed by atoms with Crippen LogP contribution in [0.3, 0.4) is 0 Å². The molecule has 8 atom stereocenters. The van der Waals surface area contributed by atoms with Gasteiger partial charge in [-0.3, -0.25) is 0 Å². The zero-order valence-electron chi connectivity index (χ0n) is 24.9. The van der Waals surface area contributed by atoms with E-state index in [0.29, 0.717) is 22.2 Å². The van der Waals surface area contributed by atoms with Crippen LogP contribution in [0.5, 0.6) is 0 Å². The Labute approximate surface area is 230 Å². The number of carbonyl (C=O) groups excluding carboxylic acids is 1. The average molecular weight is 521 g/mol. The molecule has 0 radical (unpaired) electrons. The number of halogens is 1. The molecule has 0 bridgehead atoms. The van der Waals surface area contributed by atoms with E-state index in [1.165, 1.54) is 70.5 Å². The number of hydrogen-bond acceptors (Lipinski definition) is 2. The summed E-state index contributed by atoms with van der Waals surface area (Å²) in [7, 11) is 1.30. The maximum atomic E-state index is 15.0. The summed E-state index contributed by atoms with van der Waals surface area (Å²) in [6.45, 7) is 15.4. The Hall–Kier alpha value is -1.64. The van der Waals surface area contributed by atoms with Gasteiger partial charge in [0, 0.05) is 0 Å². The van der Waals surface area contributed by atoms with E-state index < -0.39 is 11.8 Å². The van der Waals surface area contributed by atoms with Crippen molar-refractivity contribution in [1.29, 1.82) is 0 Å². The molecule has 5 aliphatic carbocycles. The number of rotatable bonds is 2. The lowest BCUT2D eigenvalue weighted by molar-refractivity contribution is -0.221. The molecule has 0 spiro atoms. The van der Waals surface area contributed by atoms with Crippen LogP contribution in [-0.4, -0.2) is 13.1 Å². The maximum Gasteiger partial charge on any atom is 0.340 e. The molecular formula is C35H49FO2. The smallest absolute Gasteiger partial charge is 0.340 e. The first-order chi connectivity index (χ1) is 17.8. The second-order valence-corrected chi connectivity index (χ2v) is 15.6. The third kappa shape index (κ3) is 3.32. The van der Waals surface area contributed by atoms with Gasteiger partial charge >= 0.3 is 5.97 Å². The number of carbonyl (C=O) groups is 1. The van der Waals surface area contributed by atoms with Gasteiger partial charge in [0.15, 0.2) is 0 Å². The van der Waals surface area contributed by atoms with Gasteiger partial charge in [0.1, 0.15) is 5.82 Å². The van der Waals surface area contributed by atoms with Crippen LogP contribution in [-0.2, 0) is 4.74 Å². The highest BCUT2D eigenvalue weighted by Gasteiger charge is 2.68. The predicted molar refractivity (Wildman–Crippen MR) is 152 cm³/mol. The van der Waals surface area contributed by atoms with Crippen molar-refractivity contribution >= 4 is 11.5 Å². The fourth-order valence-electron chi connectivity index (χ4n) is 11.9. The molecule has 38 heavy (non-hydrogen) atoms. The summed E-state index contributed by atoms with van der Waals surface area (Å²) in [6, 6.07) is 5.08. The quantitative estimate of drug-likeness (QED) is 0.363. The van der Waals surface area contributed by atoms with Crippen molar-refractivity contribution in [3.63, 3.8) is 0 Å². The minimum Gasteiger partial charge on any atom is -0.465 e. The van der Waals surface area contributed by atoms with Gasteiger partial charge in [0.05, 0.1) is 12.7 Å². The average Bonchev–Trinajstić information content (AvgIpc) is 3.25. The van der Waals surface area contributed by atoms with E-state index in [9.17, 15) is 9.18 Å². The second kappa shape index (κ2) is 8.43. The molecule has 1 aromatic rings. The number of ether oxygens (including phenoxy) is 1. The highest BCUT2D eigenvalue weighted by Crippen LogP contribution is 2.77. The molecule has 0 heterocycles. The Bertz CT molecular complexity index is 1180. The standard InChI is InChI=1S/C35H49FO2/c1-31(2)24(22-10-11-23(27(36)21-22)30(37)38-7)14-17-33(4)28(31)15-18-35(6)29(33)13-12-26-25-9-8-16-32(25,3)19-20-34(26,35)5/h10-11,14,21,25-26,28-29H,8-9,12-13,15-20H2,1-7H3/t25?,26?,28?,29?,32?,33?,34-,35?/m1/s1. The molecule has 1 aromatic carbocycles. The van der Waals surface area contributed by atoms with Gasteiger partial charge in [-0.05, 0) is 132 Å². The van der Waals surface area contributed by atoms with Crippen molar-refractivity contribution in [3.05, 3.63) is 41.2 Å². The molecule has 0 saturated heterocycles. The normalized spacial score (nSPS) is 45.2. The fraction of sp³-hybridized carbons (Fsp3) is 0.743. The Kier molecular flexibility index (Phi) is 5.90. The van der Waals surface area contributed by atoms with E-state index in [4.69, 9.17) is 4.74 Å². The molecule has 0 aromatic heterocycles. The van der Waals surface area contributed by atoms with Crippen LogP contribution in [0.1, 0.15) is 122 Å². The molecule has 5 aliphatic rings. The van der Waals surface area contributed by atoms with E-state index >= 15 is 0 Å². The summed E-state index contributed by atoms with van der Waals surface area (Å²) in [6.07, 6.45) is 16.1. The highest BCUT2D eigenvalue weighted by molar-refractivity contribution is 5.90. The van der Waals surface area contributed by atoms with Gasteiger partial charge < -0.3 is 4.74 Å². The zero-order valence-corrected chi connectivity index (χ0v) is 24.9. The number of benzene rings is 1. The molecule has 3 heteroatoms. The van der Waals surface area contributed by atoms with Gasteiger partial charge in [-0.2, -0.15) is 0 Å². The Morgan fingerprint density at radius 3 is 2.34 bits per heavy atom. The Balaban J connectivity index is 1.35. The first-order valence-electron chi connectivity index (χ1n) is 15.4. The van der Waals surface area contributed by atoms with Gasteiger partial charge in [-0.1, -0.05) is 60.1 Å². The predicted octanol–water partition coefficient (Wildman–Crippen LogP) is 9.48. The summed E-state index contributed by atoms with van der Waals surface area (Å²) in [5.74, 6) is 2.02. The van der Waals surface area contributed by atoms with E-state index in [1.54, 1.807) is 12.1 Å². The van der Waals surface area contributed by atoms with Gasteiger partial charge in [0.2, 0.25) is 0 Å². The topological polar surface area (TPSA) is 26.3 Å². The van der Waals surface area contributed by atoms with Crippen molar-refractivity contribution in [2.45, 2.75) is 106 Å². The molecule has 4 fully saturated rings. The highest BCUT2D eigenvalue weighted by atomic mass is 19.1. The van der Waals surface area contributed by atoms with Crippen molar-refractivity contribution in [2.75, 3.05) is 7.11 Å². The number of esters is 1. The maximum absolute atomic E-state index is 15.0. The Morgan fingerprint density at radius 2 is 1.63 bits per heavy atom. The van der Waals surface area contributed by atoms with Crippen molar-refractivity contribution in [3.8, 4) is 0 Å². The number of methoxy groups -OCH3 is 1. The van der Waals surface area contributed by atoms with Crippen LogP contribution >= 0.6 is 0 Å². The van der Waals surface area contributed by atoms with E-state index in [2.05, 4.69) is 47.6 Å². The van der Waals surface area contributed by atoms with E-state index in [-0.39, 0.29) is 16.4 Å². The first-order valence-corrected chi connectivity index (χ1v) is 15.4. The van der Waals surface area contributed by atoms with Gasteiger partial charge in [-0.15, -0.1) is 0 Å². The molecule has 0 amide bonds. The van der Waals surface area contributed by atoms with Crippen LogP contribution in [0, 0.1) is 56.6 Å². The lowest BCUT2D eigenvalue weighted by atomic mass is 9.33. The summed E-state index contributed by atoms with van der Waals surface area (Å²) in [4.78, 5) is 12.0. The van der Waals surface area contributed by atoms with Gasteiger partial charge in [0.25, 0.3) is 0 Å². The van der Waals surface area contributed by atoms with Crippen LogP contribution in [0.25, 0.3) is 5.57 Å². The lowest BCUT2D eigenvalue weighted by Gasteiger charge is -2.72. The van der Waals surface area contributed by atoms with E-state index in [1.807, 2.05) is 6.07 Å². The molecule has 4 saturated carbocycles. The molecular weight excluding hydrogens is 471 g/mol. The fourth-order valence-corrected chi connectivity index (χ4v) is 11.9. The van der Waals surface area contributed by atoms with Crippen molar-refractivity contribution in [1.82, 2.24) is 0 Å². The van der Waals surface area contributed by atoms with Crippen LogP contribution < -0.4 is 0 Å². The monoisotopic (exact) mass is 520 g/mol. The minimum atomic E-state index is -0.616. The van der Waals surface area contributed by atoms with Crippen molar-refractivity contribution in [2.24, 2.45) is 50.7 Å². The zero-order chi connectivity index (χ0) is 27.3. The minimum absolute atomic E-state index is 0.0135. The molecule has 7 unspecified atom stereocenters. The molecule has 208 valence electrons. The third-order valence-corrected chi connectivity index (χ3v) is 14.1. The van der Waals surface area contributed by atoms with Crippen LogP contribution in [0.2, 0.25) is 0 Å². The van der Waals surface area contributed by atoms with Crippen LogP contribution in [0.4, 0.5) is 4.39 Å². The largest absolute Gasteiger partial charge is 0.465 e. The molecule has 0 N–H and O–H groups in total. The SMILES string of the molecule is COC(=O)c1ccc(C2=CCC3(C)C(CCC4(C)C3CCC3C5CCCC5(C)CC[C@]34C)C2(C)C)cc1F. The van der Waals surface area contributed by atoms with Crippen molar-refractivity contribution < 1.29 is 13.9 Å². The molecule has 2 nitrogen and oxygen atoms in total. The van der Waals surface area contributed by atoms with Gasteiger partial charge in [-0.25, -0.2) is 9.18 Å². The first kappa shape index (κ1) is 26.6. The second-order valence-electron chi connectivity index (χ2n) is 15.6. The number of hydrogen-bond donors (Lipinski definition) is 0. The number of fused-ring (bicyclic) bond motifs is 7. The number of allylic oxidation sites excluding steroid dienone is 2. The Morgan fingerprint density at radius 1 is 0.868 bits per heavy atom. The van der Waals surface area contributed by atoms with Crippen LogP contribution in [0.15, 0.2) is 24.3 Å². The van der Waals surface area contributed by atoms with E-state index in [0.717, 1.165) is 29.7 Å².